The van der Waals surface area contributed by atoms with Crippen LogP contribution in [0.5, 0.6) is 0 Å². The number of nitriles is 3. The Morgan fingerprint density at radius 1 is 0.962 bits per heavy atom. The van der Waals surface area contributed by atoms with Crippen LogP contribution in [0.3, 0.4) is 0 Å². The van der Waals surface area contributed by atoms with E-state index in [9.17, 15) is 18.4 Å². The van der Waals surface area contributed by atoms with E-state index in [1.165, 1.54) is 29.5 Å². The maximum absolute atomic E-state index is 12.6. The molecule has 26 heavy (non-hydrogen) atoms. The van der Waals surface area contributed by atoms with Crippen molar-refractivity contribution in [3.05, 3.63) is 63.7 Å². The number of allylic oxidation sites excluding steroid dienone is 2. The molecule has 0 aliphatic heterocycles. The molecule has 2 aromatic rings. The Bertz CT molecular complexity index is 991. The van der Waals surface area contributed by atoms with Crippen molar-refractivity contribution in [1.29, 1.82) is 15.8 Å². The molecule has 0 bridgehead atoms. The molecule has 0 saturated heterocycles. The van der Waals surface area contributed by atoms with Crippen molar-refractivity contribution < 1.29 is 13.2 Å². The molecular weight excluding hydrogens is 361 g/mol. The van der Waals surface area contributed by atoms with Crippen LogP contribution < -0.4 is 5.73 Å². The van der Waals surface area contributed by atoms with Crippen molar-refractivity contribution in [2.24, 2.45) is 5.73 Å². The van der Waals surface area contributed by atoms with Gasteiger partial charge in [0.1, 0.15) is 18.2 Å². The summed E-state index contributed by atoms with van der Waals surface area (Å²) in [7, 11) is 0. The maximum atomic E-state index is 12.6. The van der Waals surface area contributed by atoms with Crippen molar-refractivity contribution in [2.45, 2.75) is 6.18 Å². The predicted octanol–water partition coefficient (Wildman–Crippen LogP) is 4.60. The van der Waals surface area contributed by atoms with Gasteiger partial charge in [0.15, 0.2) is 5.57 Å². The molecule has 0 aliphatic carbocycles. The summed E-state index contributed by atoms with van der Waals surface area (Å²) >= 11 is 1.23. The Labute approximate surface area is 151 Å². The monoisotopic (exact) mass is 370 g/mol. The lowest BCUT2D eigenvalue weighted by atomic mass is 10.1. The van der Waals surface area contributed by atoms with Crippen LogP contribution in [0, 0.1) is 34.0 Å². The highest BCUT2D eigenvalue weighted by atomic mass is 32.1. The number of nitrogens with two attached hydrogens (primary N) is 1. The van der Waals surface area contributed by atoms with Crippen molar-refractivity contribution in [3.63, 3.8) is 0 Å². The molecule has 0 saturated carbocycles. The van der Waals surface area contributed by atoms with Crippen molar-refractivity contribution in [1.82, 2.24) is 0 Å². The van der Waals surface area contributed by atoms with E-state index in [0.29, 0.717) is 15.3 Å². The van der Waals surface area contributed by atoms with Gasteiger partial charge in [-0.05, 0) is 35.9 Å². The Hall–Kier alpha value is -3.54. The molecule has 1 aromatic carbocycles. The van der Waals surface area contributed by atoms with E-state index < -0.39 is 11.7 Å². The first-order valence-electron chi connectivity index (χ1n) is 6.99. The van der Waals surface area contributed by atoms with Gasteiger partial charge < -0.3 is 5.73 Å². The first-order valence-corrected chi connectivity index (χ1v) is 7.81. The van der Waals surface area contributed by atoms with Gasteiger partial charge in [0.05, 0.1) is 16.8 Å². The molecule has 2 rings (SSSR count). The molecule has 1 aromatic heterocycles. The van der Waals surface area contributed by atoms with Gasteiger partial charge in [-0.2, -0.15) is 29.0 Å². The summed E-state index contributed by atoms with van der Waals surface area (Å²) in [5, 5.41) is 26.8. The van der Waals surface area contributed by atoms with Crippen LogP contribution in [-0.2, 0) is 6.18 Å². The summed E-state index contributed by atoms with van der Waals surface area (Å²) in [4.78, 5) is 1.31. The van der Waals surface area contributed by atoms with Crippen molar-refractivity contribution in [3.8, 4) is 28.6 Å². The fourth-order valence-electron chi connectivity index (χ4n) is 2.00. The van der Waals surface area contributed by atoms with Crippen LogP contribution >= 0.6 is 11.3 Å². The normalized spacial score (nSPS) is 11.2. The molecule has 128 valence electrons. The van der Waals surface area contributed by atoms with Gasteiger partial charge >= 0.3 is 6.18 Å². The first kappa shape index (κ1) is 18.8. The number of halogens is 3. The van der Waals surface area contributed by atoms with Gasteiger partial charge in [-0.1, -0.05) is 12.1 Å². The zero-order valence-corrected chi connectivity index (χ0v) is 13.8. The number of rotatable bonds is 3. The topological polar surface area (TPSA) is 97.4 Å². The van der Waals surface area contributed by atoms with Gasteiger partial charge in [-0.15, -0.1) is 11.3 Å². The van der Waals surface area contributed by atoms with E-state index in [1.807, 2.05) is 6.07 Å². The fourth-order valence-corrected chi connectivity index (χ4v) is 2.96. The molecule has 2 N–H and O–H groups in total. The van der Waals surface area contributed by atoms with Gasteiger partial charge in [-0.25, -0.2) is 0 Å². The number of thiophene rings is 1. The lowest BCUT2D eigenvalue weighted by molar-refractivity contribution is -0.137. The van der Waals surface area contributed by atoms with Crippen LogP contribution in [0.1, 0.15) is 10.4 Å². The van der Waals surface area contributed by atoms with Crippen molar-refractivity contribution >= 4 is 17.4 Å². The highest BCUT2D eigenvalue weighted by molar-refractivity contribution is 7.16. The lowest BCUT2D eigenvalue weighted by Gasteiger charge is -2.06. The smallest absolute Gasteiger partial charge is 0.396 e. The standard InChI is InChI=1S/C18H9F3N4S/c19-18(20,21)14-3-1-11(2-4-14)16-6-5-15(26-16)7-12(8-22)17(25)13(9-23)10-24/h1-7H,25H2/b12-7+. The quantitative estimate of drug-likeness (QED) is 0.630. The summed E-state index contributed by atoms with van der Waals surface area (Å²) < 4.78 is 37.8. The van der Waals surface area contributed by atoms with Gasteiger partial charge in [-0.3, -0.25) is 0 Å². The predicted molar refractivity (Wildman–Crippen MR) is 90.8 cm³/mol. The Morgan fingerprint density at radius 3 is 2.08 bits per heavy atom. The second-order valence-electron chi connectivity index (χ2n) is 4.96. The third kappa shape index (κ3) is 4.10. The molecule has 0 unspecified atom stereocenters. The van der Waals surface area contributed by atoms with Crippen LogP contribution in [0.4, 0.5) is 13.2 Å². The summed E-state index contributed by atoms with van der Waals surface area (Å²) in [5.74, 6) is 0. The van der Waals surface area contributed by atoms with Crippen LogP contribution in [0.25, 0.3) is 16.5 Å². The molecule has 0 radical (unpaired) electrons. The number of alkyl halides is 3. The first-order chi connectivity index (χ1) is 12.3. The zero-order chi connectivity index (χ0) is 19.3. The Kier molecular flexibility index (Phi) is 5.47. The molecule has 0 spiro atoms. The van der Waals surface area contributed by atoms with Gasteiger partial charge in [0.2, 0.25) is 0 Å². The zero-order valence-electron chi connectivity index (χ0n) is 13.0. The van der Waals surface area contributed by atoms with E-state index >= 15 is 0 Å². The minimum absolute atomic E-state index is 0.0380. The lowest BCUT2D eigenvalue weighted by Crippen LogP contribution is -2.03. The Morgan fingerprint density at radius 2 is 1.58 bits per heavy atom. The van der Waals surface area contributed by atoms with Crippen LogP contribution in [-0.4, -0.2) is 0 Å². The molecule has 0 fully saturated rings. The second-order valence-corrected chi connectivity index (χ2v) is 6.07. The van der Waals surface area contributed by atoms with E-state index in [1.54, 1.807) is 24.3 Å². The van der Waals surface area contributed by atoms with E-state index in [0.717, 1.165) is 12.1 Å². The summed E-state index contributed by atoms with van der Waals surface area (Å²) in [6, 6.07) is 13.2. The van der Waals surface area contributed by atoms with E-state index in [4.69, 9.17) is 16.3 Å². The van der Waals surface area contributed by atoms with E-state index in [-0.39, 0.29) is 16.8 Å². The molecule has 4 nitrogen and oxygen atoms in total. The molecule has 8 heteroatoms. The molecule has 0 atom stereocenters. The highest BCUT2D eigenvalue weighted by Gasteiger charge is 2.30. The molecular formula is C18H9F3N4S. The molecule has 0 aliphatic rings. The average Bonchev–Trinajstić information content (AvgIpc) is 3.08. The number of benzene rings is 1. The van der Waals surface area contributed by atoms with Crippen LogP contribution in [0.2, 0.25) is 0 Å². The molecule has 0 amide bonds. The summed E-state index contributed by atoms with van der Waals surface area (Å²) in [5.41, 5.74) is 4.90. The van der Waals surface area contributed by atoms with Crippen molar-refractivity contribution in [2.75, 3.05) is 0 Å². The van der Waals surface area contributed by atoms with E-state index in [2.05, 4.69) is 0 Å². The Balaban J connectivity index is 2.36. The SMILES string of the molecule is N#CC(C#N)=C(N)/C(C#N)=C/c1ccc(-c2ccc(C(F)(F)F)cc2)s1. The minimum atomic E-state index is -4.40. The fraction of sp³-hybridized carbons (Fsp3) is 0.0556. The number of hydrogen-bond acceptors (Lipinski definition) is 5. The third-order valence-electron chi connectivity index (χ3n) is 3.31. The number of hydrogen-bond donors (Lipinski definition) is 1. The van der Waals surface area contributed by atoms with Gasteiger partial charge in [0.25, 0.3) is 0 Å². The largest absolute Gasteiger partial charge is 0.416 e. The second kappa shape index (κ2) is 7.57. The minimum Gasteiger partial charge on any atom is -0.396 e. The number of nitrogens with zero attached hydrogens (tertiary/aromatic N) is 3. The van der Waals surface area contributed by atoms with Crippen LogP contribution in [0.15, 0.2) is 53.2 Å². The highest BCUT2D eigenvalue weighted by Crippen LogP contribution is 2.33. The maximum Gasteiger partial charge on any atom is 0.416 e. The average molecular weight is 370 g/mol. The summed E-state index contributed by atoms with van der Waals surface area (Å²) in [6.07, 6.45) is -2.98. The molecule has 1 heterocycles. The summed E-state index contributed by atoms with van der Waals surface area (Å²) in [6.45, 7) is 0. The third-order valence-corrected chi connectivity index (χ3v) is 4.40. The van der Waals surface area contributed by atoms with Gasteiger partial charge in [0, 0.05) is 9.75 Å².